The maximum absolute atomic E-state index is 12.1. The predicted molar refractivity (Wildman–Crippen MR) is 136 cm³/mol. The van der Waals surface area contributed by atoms with Crippen molar-refractivity contribution in [1.82, 2.24) is 9.97 Å². The quantitative estimate of drug-likeness (QED) is 0.373. The number of nitrogens with zero attached hydrogens (tertiary/aromatic N) is 3. The summed E-state index contributed by atoms with van der Waals surface area (Å²) >= 11 is 1.43. The molecule has 0 aliphatic heterocycles. The van der Waals surface area contributed by atoms with E-state index < -0.39 is 14.0 Å². The molecule has 2 heterocycles. The zero-order chi connectivity index (χ0) is 24.0. The molecule has 0 spiro atoms. The summed E-state index contributed by atoms with van der Waals surface area (Å²) in [6.45, 7) is 9.35. The molecular formula is C24H29N5O2SSi. The molecule has 0 aliphatic rings. The fraction of sp³-hybridized carbons (Fsp3) is 0.333. The van der Waals surface area contributed by atoms with Gasteiger partial charge in [0.1, 0.15) is 10.8 Å². The largest absolute Gasteiger partial charge is 0.464 e. The summed E-state index contributed by atoms with van der Waals surface area (Å²) < 4.78 is 5.72. The molecule has 7 nitrogen and oxygen atoms in total. The van der Waals surface area contributed by atoms with E-state index in [1.807, 2.05) is 31.2 Å². The lowest BCUT2D eigenvalue weighted by Gasteiger charge is -2.15. The van der Waals surface area contributed by atoms with E-state index in [-0.39, 0.29) is 5.92 Å². The maximum atomic E-state index is 12.1. The molecule has 9 heteroatoms. The molecule has 1 atom stereocenters. The lowest BCUT2D eigenvalue weighted by Crippen LogP contribution is -2.22. The van der Waals surface area contributed by atoms with E-state index >= 15 is 0 Å². The molecule has 1 aromatic carbocycles. The van der Waals surface area contributed by atoms with Crippen LogP contribution in [0.3, 0.4) is 0 Å². The highest BCUT2D eigenvalue weighted by Gasteiger charge is 2.17. The number of benzene rings is 1. The van der Waals surface area contributed by atoms with Crippen LogP contribution in [0.5, 0.6) is 6.01 Å². The fourth-order valence-electron chi connectivity index (χ4n) is 3.06. The van der Waals surface area contributed by atoms with Crippen LogP contribution in [-0.2, 0) is 6.42 Å². The number of nitriles is 1. The molecule has 3 aromatic rings. The molecule has 0 fully saturated rings. The van der Waals surface area contributed by atoms with E-state index in [0.717, 1.165) is 22.0 Å². The highest BCUT2D eigenvalue weighted by molar-refractivity contribution is 7.19. The van der Waals surface area contributed by atoms with Crippen LogP contribution >= 0.6 is 11.3 Å². The Morgan fingerprint density at radius 3 is 2.64 bits per heavy atom. The minimum absolute atomic E-state index is 0.0351. The number of aromatic nitrogens is 2. The van der Waals surface area contributed by atoms with E-state index in [1.54, 1.807) is 18.3 Å². The average Bonchev–Trinajstić information content (AvgIpc) is 3.17. The first-order valence-electron chi connectivity index (χ1n) is 10.8. The van der Waals surface area contributed by atoms with Gasteiger partial charge in [-0.25, -0.2) is 4.98 Å². The molecule has 0 aliphatic carbocycles. The normalized spacial score (nSPS) is 12.1. The molecule has 0 saturated carbocycles. The van der Waals surface area contributed by atoms with Gasteiger partial charge >= 0.3 is 6.01 Å². The van der Waals surface area contributed by atoms with Gasteiger partial charge in [-0.2, -0.15) is 10.2 Å². The van der Waals surface area contributed by atoms with E-state index in [9.17, 15) is 4.79 Å². The van der Waals surface area contributed by atoms with Gasteiger partial charge in [0, 0.05) is 25.1 Å². The number of ether oxygens (including phenoxy) is 1. The number of carbonyl (C=O) groups is 1. The number of thiophene rings is 1. The lowest BCUT2D eigenvalue weighted by atomic mass is 10.0. The first kappa shape index (κ1) is 24.4. The summed E-state index contributed by atoms with van der Waals surface area (Å²) in [6, 6.07) is 15.1. The van der Waals surface area contributed by atoms with Gasteiger partial charge in [0.2, 0.25) is 0 Å². The lowest BCUT2D eigenvalue weighted by molar-refractivity contribution is 0.100. The number of amides is 1. The summed E-state index contributed by atoms with van der Waals surface area (Å²) in [7, 11) is -1.21. The van der Waals surface area contributed by atoms with Gasteiger partial charge in [0.05, 0.1) is 18.2 Å². The van der Waals surface area contributed by atoms with Crippen molar-refractivity contribution in [1.29, 1.82) is 5.26 Å². The molecule has 1 amide bonds. The van der Waals surface area contributed by atoms with Gasteiger partial charge in [-0.1, -0.05) is 43.9 Å². The van der Waals surface area contributed by atoms with Crippen molar-refractivity contribution >= 4 is 36.1 Å². The van der Waals surface area contributed by atoms with Crippen LogP contribution in [0.4, 0.5) is 10.8 Å². The standard InChI is InChI=1S/C24H29N5O2SSi/c1-16(15-25)13-17-5-7-18(8-6-17)20-14-19(22(26)30)23(32-20)28-21-9-10-27-24(29-21)31-11-12-33(2,3)4/h5-10,14,16H,11-13H2,1-4H3,(H2,26,30)(H,27,28,29). The number of nitrogens with one attached hydrogen (secondary N) is 1. The molecule has 1 unspecified atom stereocenters. The fourth-order valence-corrected chi connectivity index (χ4v) is 4.85. The smallest absolute Gasteiger partial charge is 0.318 e. The Balaban J connectivity index is 1.77. The average molecular weight is 480 g/mol. The molecular weight excluding hydrogens is 450 g/mol. The third-order valence-electron chi connectivity index (χ3n) is 4.96. The van der Waals surface area contributed by atoms with Crippen LogP contribution in [-0.4, -0.2) is 30.6 Å². The van der Waals surface area contributed by atoms with Crippen molar-refractivity contribution in [3.63, 3.8) is 0 Å². The molecule has 3 N–H and O–H groups in total. The monoisotopic (exact) mass is 479 g/mol. The molecule has 0 saturated heterocycles. The number of primary amides is 1. The first-order valence-corrected chi connectivity index (χ1v) is 15.3. The second kappa shape index (κ2) is 10.6. The minimum Gasteiger partial charge on any atom is -0.464 e. The predicted octanol–water partition coefficient (Wildman–Crippen LogP) is 5.47. The SMILES string of the molecule is CC(C#N)Cc1ccc(-c2cc(C(N)=O)c(Nc3ccnc(OCC[Si](C)(C)C)n3)s2)cc1. The van der Waals surface area contributed by atoms with Crippen molar-refractivity contribution in [2.75, 3.05) is 11.9 Å². The summed E-state index contributed by atoms with van der Waals surface area (Å²) in [4.78, 5) is 21.6. The number of rotatable bonds is 10. The third kappa shape index (κ3) is 7.13. The van der Waals surface area contributed by atoms with Gasteiger partial charge in [0.15, 0.2) is 0 Å². The van der Waals surface area contributed by atoms with E-state index in [4.69, 9.17) is 15.7 Å². The van der Waals surface area contributed by atoms with E-state index in [0.29, 0.717) is 35.4 Å². The van der Waals surface area contributed by atoms with Crippen LogP contribution in [0.2, 0.25) is 25.7 Å². The zero-order valence-electron chi connectivity index (χ0n) is 19.4. The Kier molecular flexibility index (Phi) is 7.84. The van der Waals surface area contributed by atoms with Gasteiger partial charge in [-0.15, -0.1) is 11.3 Å². The van der Waals surface area contributed by atoms with Crippen LogP contribution in [0.15, 0.2) is 42.6 Å². The molecule has 0 radical (unpaired) electrons. The van der Waals surface area contributed by atoms with Crippen LogP contribution in [0.25, 0.3) is 10.4 Å². The van der Waals surface area contributed by atoms with Crippen molar-refractivity contribution in [3.8, 4) is 22.5 Å². The second-order valence-corrected chi connectivity index (χ2v) is 15.8. The molecule has 33 heavy (non-hydrogen) atoms. The summed E-state index contributed by atoms with van der Waals surface area (Å²) in [5, 5.41) is 12.8. The van der Waals surface area contributed by atoms with Crippen molar-refractivity contribution < 1.29 is 9.53 Å². The van der Waals surface area contributed by atoms with E-state index in [1.165, 1.54) is 11.3 Å². The minimum atomic E-state index is -1.21. The number of carbonyl (C=O) groups excluding carboxylic acids is 1. The van der Waals surface area contributed by atoms with Crippen LogP contribution < -0.4 is 15.8 Å². The number of hydrogen-bond donors (Lipinski definition) is 2. The maximum Gasteiger partial charge on any atom is 0.318 e. The molecule has 0 bridgehead atoms. The van der Waals surface area contributed by atoms with Crippen LogP contribution in [0.1, 0.15) is 22.8 Å². The molecule has 172 valence electrons. The first-order chi connectivity index (χ1) is 15.6. The Bertz CT molecular complexity index is 1150. The van der Waals surface area contributed by atoms with Crippen molar-refractivity contribution in [3.05, 3.63) is 53.7 Å². The highest BCUT2D eigenvalue weighted by atomic mass is 32.1. The number of anilines is 2. The molecule has 3 rings (SSSR count). The van der Waals surface area contributed by atoms with Gasteiger partial charge in [-0.05, 0) is 42.6 Å². The third-order valence-corrected chi connectivity index (χ3v) is 7.76. The Morgan fingerprint density at radius 2 is 2.00 bits per heavy atom. The topological polar surface area (TPSA) is 114 Å². The highest BCUT2D eigenvalue weighted by Crippen LogP contribution is 2.37. The van der Waals surface area contributed by atoms with Gasteiger partial charge < -0.3 is 15.8 Å². The number of nitrogens with two attached hydrogens (primary N) is 1. The van der Waals surface area contributed by atoms with E-state index in [2.05, 4.69) is 41.0 Å². The molecule has 2 aromatic heterocycles. The zero-order valence-corrected chi connectivity index (χ0v) is 21.2. The van der Waals surface area contributed by atoms with Gasteiger partial charge in [-0.3, -0.25) is 4.79 Å². The summed E-state index contributed by atoms with van der Waals surface area (Å²) in [5.41, 5.74) is 8.11. The second-order valence-electron chi connectivity index (χ2n) is 9.16. The van der Waals surface area contributed by atoms with Gasteiger partial charge in [0.25, 0.3) is 5.91 Å². The Hall–Kier alpha value is -3.22. The van der Waals surface area contributed by atoms with Crippen molar-refractivity contribution in [2.24, 2.45) is 11.7 Å². The van der Waals surface area contributed by atoms with Crippen LogP contribution in [0, 0.1) is 17.2 Å². The number of hydrogen-bond acceptors (Lipinski definition) is 7. The Labute approximate surface area is 199 Å². The van der Waals surface area contributed by atoms with Crippen molar-refractivity contribution in [2.45, 2.75) is 39.0 Å². The summed E-state index contributed by atoms with van der Waals surface area (Å²) in [6.07, 6.45) is 2.33. The Morgan fingerprint density at radius 1 is 1.27 bits per heavy atom. The summed E-state index contributed by atoms with van der Waals surface area (Å²) in [5.74, 6) is -0.0167.